The van der Waals surface area contributed by atoms with E-state index in [0.717, 1.165) is 5.39 Å². The lowest BCUT2D eigenvalue weighted by Gasteiger charge is -2.13. The van der Waals surface area contributed by atoms with Gasteiger partial charge in [0.25, 0.3) is 0 Å². The molecule has 0 saturated heterocycles. The van der Waals surface area contributed by atoms with Crippen molar-refractivity contribution in [2.75, 3.05) is 0 Å². The van der Waals surface area contributed by atoms with Gasteiger partial charge in [-0.2, -0.15) is 0 Å². The molecule has 0 saturated carbocycles. The Morgan fingerprint density at radius 2 is 1.45 bits per heavy atom. The zero-order valence-corrected chi connectivity index (χ0v) is 12.5. The first-order valence-electron chi connectivity index (χ1n) is 6.67. The van der Waals surface area contributed by atoms with Gasteiger partial charge in [-0.25, -0.2) is 9.59 Å². The number of carbonyl (C=O) groups is 2. The van der Waals surface area contributed by atoms with Gasteiger partial charge in [-0.3, -0.25) is 0 Å². The third kappa shape index (κ3) is 3.23. The molecule has 0 aliphatic rings. The number of fused-ring (bicyclic) bond motifs is 1. The average Bonchev–Trinajstić information content (AvgIpc) is 2.49. The SMILES string of the molecule is C=C(C)C(=O)Oc1ccc2ccccc2c1OC(=O)C(=C)C. The zero-order valence-electron chi connectivity index (χ0n) is 12.5. The molecule has 2 aromatic carbocycles. The van der Waals surface area contributed by atoms with Crippen molar-refractivity contribution in [2.24, 2.45) is 0 Å². The highest BCUT2D eigenvalue weighted by molar-refractivity contribution is 5.97. The van der Waals surface area contributed by atoms with Crippen molar-refractivity contribution < 1.29 is 19.1 Å². The maximum absolute atomic E-state index is 11.8. The van der Waals surface area contributed by atoms with Crippen molar-refractivity contribution in [3.63, 3.8) is 0 Å². The predicted molar refractivity (Wildman–Crippen MR) is 84.8 cm³/mol. The molecular weight excluding hydrogens is 280 g/mol. The molecule has 0 aromatic heterocycles. The third-order valence-corrected chi connectivity index (χ3v) is 2.94. The fourth-order valence-corrected chi connectivity index (χ4v) is 1.78. The van der Waals surface area contributed by atoms with E-state index in [1.807, 2.05) is 18.2 Å². The van der Waals surface area contributed by atoms with Crippen LogP contribution in [0, 0.1) is 0 Å². The highest BCUT2D eigenvalue weighted by Gasteiger charge is 2.17. The summed E-state index contributed by atoms with van der Waals surface area (Å²) in [7, 11) is 0. The van der Waals surface area contributed by atoms with Gasteiger partial charge in [0.15, 0.2) is 11.5 Å². The quantitative estimate of drug-likeness (QED) is 0.489. The van der Waals surface area contributed by atoms with E-state index in [4.69, 9.17) is 9.47 Å². The molecule has 4 heteroatoms. The first-order chi connectivity index (χ1) is 10.4. The summed E-state index contributed by atoms with van der Waals surface area (Å²) in [6.45, 7) is 10.2. The second-order valence-corrected chi connectivity index (χ2v) is 4.95. The highest BCUT2D eigenvalue weighted by Crippen LogP contribution is 2.36. The van der Waals surface area contributed by atoms with Crippen LogP contribution in [0.4, 0.5) is 0 Å². The van der Waals surface area contributed by atoms with Crippen molar-refractivity contribution in [1.29, 1.82) is 0 Å². The largest absolute Gasteiger partial charge is 0.419 e. The summed E-state index contributed by atoms with van der Waals surface area (Å²) in [5.74, 6) is -0.797. The minimum atomic E-state index is -0.581. The minimum absolute atomic E-state index is 0.168. The monoisotopic (exact) mass is 296 g/mol. The maximum Gasteiger partial charge on any atom is 0.338 e. The Morgan fingerprint density at radius 3 is 2.09 bits per heavy atom. The van der Waals surface area contributed by atoms with E-state index in [2.05, 4.69) is 13.2 Å². The van der Waals surface area contributed by atoms with E-state index in [0.29, 0.717) is 5.39 Å². The first-order valence-corrected chi connectivity index (χ1v) is 6.67. The number of rotatable bonds is 4. The lowest BCUT2D eigenvalue weighted by Crippen LogP contribution is -2.13. The highest BCUT2D eigenvalue weighted by atomic mass is 16.6. The standard InChI is InChI=1S/C18H16O4/c1-11(2)17(19)21-15-10-9-13-7-5-6-8-14(13)16(15)22-18(20)12(3)4/h5-10H,1,3H2,2,4H3. The van der Waals surface area contributed by atoms with Gasteiger partial charge >= 0.3 is 11.9 Å². The summed E-state index contributed by atoms with van der Waals surface area (Å²) in [6, 6.07) is 10.7. The number of esters is 2. The van der Waals surface area contributed by atoms with Gasteiger partial charge in [0.2, 0.25) is 0 Å². The van der Waals surface area contributed by atoms with Crippen LogP contribution in [0.3, 0.4) is 0 Å². The fraction of sp³-hybridized carbons (Fsp3) is 0.111. The summed E-state index contributed by atoms with van der Waals surface area (Å²) in [4.78, 5) is 23.6. The summed E-state index contributed by atoms with van der Waals surface area (Å²) < 4.78 is 10.6. The molecule has 0 heterocycles. The Hall–Kier alpha value is -2.88. The van der Waals surface area contributed by atoms with E-state index in [-0.39, 0.29) is 22.6 Å². The van der Waals surface area contributed by atoms with Crippen LogP contribution >= 0.6 is 0 Å². The van der Waals surface area contributed by atoms with Gasteiger partial charge in [0, 0.05) is 16.5 Å². The normalized spacial score (nSPS) is 10.1. The zero-order chi connectivity index (χ0) is 16.3. The molecule has 0 N–H and O–H groups in total. The molecule has 0 unspecified atom stereocenters. The molecule has 0 radical (unpaired) electrons. The lowest BCUT2D eigenvalue weighted by atomic mass is 10.1. The fourth-order valence-electron chi connectivity index (χ4n) is 1.78. The number of ether oxygens (including phenoxy) is 2. The van der Waals surface area contributed by atoms with Gasteiger partial charge < -0.3 is 9.47 Å². The van der Waals surface area contributed by atoms with Crippen LogP contribution in [0.15, 0.2) is 60.7 Å². The number of hydrogen-bond acceptors (Lipinski definition) is 4. The van der Waals surface area contributed by atoms with Crippen molar-refractivity contribution in [3.05, 3.63) is 60.7 Å². The van der Waals surface area contributed by atoms with Crippen molar-refractivity contribution in [1.82, 2.24) is 0 Å². The van der Waals surface area contributed by atoms with Crippen molar-refractivity contribution >= 4 is 22.7 Å². The Bertz CT molecular complexity index is 787. The van der Waals surface area contributed by atoms with Crippen LogP contribution in [0.5, 0.6) is 11.5 Å². The molecule has 2 rings (SSSR count). The van der Waals surface area contributed by atoms with Crippen LogP contribution in [-0.2, 0) is 9.59 Å². The van der Waals surface area contributed by atoms with Crippen LogP contribution in [0.25, 0.3) is 10.8 Å². The Balaban J connectivity index is 2.54. The molecule has 0 spiro atoms. The molecule has 112 valence electrons. The van der Waals surface area contributed by atoms with Crippen LogP contribution in [-0.4, -0.2) is 11.9 Å². The summed E-state index contributed by atoms with van der Waals surface area (Å²) in [5.41, 5.74) is 0.510. The molecule has 2 aromatic rings. The van der Waals surface area contributed by atoms with Crippen LogP contribution < -0.4 is 9.47 Å². The Morgan fingerprint density at radius 1 is 0.864 bits per heavy atom. The molecule has 0 amide bonds. The number of carbonyl (C=O) groups excluding carboxylic acids is 2. The summed E-state index contributed by atoms with van der Waals surface area (Å²) >= 11 is 0. The van der Waals surface area contributed by atoms with E-state index in [1.165, 1.54) is 0 Å². The van der Waals surface area contributed by atoms with Gasteiger partial charge in [-0.1, -0.05) is 43.5 Å². The summed E-state index contributed by atoms with van der Waals surface area (Å²) in [5, 5.41) is 1.53. The van der Waals surface area contributed by atoms with Crippen LogP contribution in [0.2, 0.25) is 0 Å². The lowest BCUT2D eigenvalue weighted by molar-refractivity contribution is -0.132. The Kier molecular flexibility index (Phi) is 4.41. The number of hydrogen-bond donors (Lipinski definition) is 0. The molecule has 0 atom stereocenters. The number of benzene rings is 2. The molecule has 0 aliphatic carbocycles. The van der Waals surface area contributed by atoms with E-state index in [9.17, 15) is 9.59 Å². The molecule has 4 nitrogen and oxygen atoms in total. The second-order valence-electron chi connectivity index (χ2n) is 4.95. The van der Waals surface area contributed by atoms with Crippen LogP contribution in [0.1, 0.15) is 13.8 Å². The van der Waals surface area contributed by atoms with Crippen molar-refractivity contribution in [3.8, 4) is 11.5 Å². The van der Waals surface area contributed by atoms with E-state index >= 15 is 0 Å². The predicted octanol–water partition coefficient (Wildman–Crippen LogP) is 3.80. The molecule has 22 heavy (non-hydrogen) atoms. The molecular formula is C18H16O4. The molecule has 0 aliphatic heterocycles. The van der Waals surface area contributed by atoms with Gasteiger partial charge in [-0.05, 0) is 25.3 Å². The minimum Gasteiger partial charge on any atom is -0.419 e. The van der Waals surface area contributed by atoms with Crippen molar-refractivity contribution in [2.45, 2.75) is 13.8 Å². The van der Waals surface area contributed by atoms with Gasteiger partial charge in [0.1, 0.15) is 0 Å². The second kappa shape index (κ2) is 6.26. The van der Waals surface area contributed by atoms with E-state index < -0.39 is 11.9 Å². The molecule has 0 fully saturated rings. The summed E-state index contributed by atoms with van der Waals surface area (Å²) in [6.07, 6.45) is 0. The smallest absolute Gasteiger partial charge is 0.338 e. The maximum atomic E-state index is 11.8. The topological polar surface area (TPSA) is 52.6 Å². The molecule has 0 bridgehead atoms. The van der Waals surface area contributed by atoms with Gasteiger partial charge in [-0.15, -0.1) is 0 Å². The van der Waals surface area contributed by atoms with E-state index in [1.54, 1.807) is 32.0 Å². The average molecular weight is 296 g/mol. The van der Waals surface area contributed by atoms with Gasteiger partial charge in [0.05, 0.1) is 0 Å². The first kappa shape index (κ1) is 15.5. The Labute approximate surface area is 128 Å². The third-order valence-electron chi connectivity index (χ3n) is 2.94.